The Hall–Kier alpha value is -1.39. The van der Waals surface area contributed by atoms with Crippen LogP contribution >= 0.6 is 11.6 Å². The van der Waals surface area contributed by atoms with Crippen LogP contribution in [0, 0.1) is 0 Å². The first-order chi connectivity index (χ1) is 10.7. The minimum Gasteiger partial charge on any atom is -0.386 e. The number of ether oxygens (including phenoxy) is 1. The van der Waals surface area contributed by atoms with Crippen LogP contribution in [0.4, 0.5) is 0 Å². The van der Waals surface area contributed by atoms with Gasteiger partial charge in [-0.3, -0.25) is 4.90 Å². The van der Waals surface area contributed by atoms with Crippen molar-refractivity contribution in [1.82, 2.24) is 4.90 Å². The molecule has 1 heterocycles. The molecule has 116 valence electrons. The van der Waals surface area contributed by atoms with Crippen molar-refractivity contribution in [3.05, 3.63) is 70.7 Å². The van der Waals surface area contributed by atoms with Gasteiger partial charge >= 0.3 is 0 Å². The summed E-state index contributed by atoms with van der Waals surface area (Å²) >= 11 is 5.89. The SMILES string of the molecule is OC(c1ccc(Cl)cc1)[C@@H]1CN(Cc2ccccc2)CCO1. The van der Waals surface area contributed by atoms with Gasteiger partial charge in [-0.05, 0) is 23.3 Å². The zero-order valence-corrected chi connectivity index (χ0v) is 13.1. The molecule has 22 heavy (non-hydrogen) atoms. The summed E-state index contributed by atoms with van der Waals surface area (Å²) in [6.45, 7) is 3.13. The fourth-order valence-corrected chi connectivity index (χ4v) is 2.91. The summed E-state index contributed by atoms with van der Waals surface area (Å²) in [5, 5.41) is 11.2. The van der Waals surface area contributed by atoms with E-state index < -0.39 is 6.10 Å². The monoisotopic (exact) mass is 317 g/mol. The van der Waals surface area contributed by atoms with E-state index in [-0.39, 0.29) is 6.10 Å². The molecule has 0 aliphatic carbocycles. The molecule has 2 aromatic carbocycles. The van der Waals surface area contributed by atoms with Crippen LogP contribution in [0.3, 0.4) is 0 Å². The lowest BCUT2D eigenvalue weighted by atomic mass is 10.0. The zero-order chi connectivity index (χ0) is 15.4. The molecule has 1 saturated heterocycles. The molecule has 0 saturated carbocycles. The normalized spacial score (nSPS) is 20.7. The molecule has 4 heteroatoms. The first-order valence-electron chi connectivity index (χ1n) is 7.54. The molecule has 0 aromatic heterocycles. The highest BCUT2D eigenvalue weighted by Gasteiger charge is 2.27. The first kappa shape index (κ1) is 15.5. The number of benzene rings is 2. The third kappa shape index (κ3) is 3.87. The second-order valence-corrected chi connectivity index (χ2v) is 6.06. The number of aliphatic hydroxyl groups is 1. The molecular formula is C18H20ClNO2. The summed E-state index contributed by atoms with van der Waals surface area (Å²) in [6.07, 6.45) is -0.838. The lowest BCUT2D eigenvalue weighted by Crippen LogP contribution is -2.44. The third-order valence-corrected chi connectivity index (χ3v) is 4.24. The zero-order valence-electron chi connectivity index (χ0n) is 12.4. The molecule has 3 nitrogen and oxygen atoms in total. The third-order valence-electron chi connectivity index (χ3n) is 3.99. The van der Waals surface area contributed by atoms with Crippen molar-refractivity contribution in [3.8, 4) is 0 Å². The topological polar surface area (TPSA) is 32.7 Å². The summed E-state index contributed by atoms with van der Waals surface area (Å²) in [7, 11) is 0. The van der Waals surface area contributed by atoms with E-state index in [1.807, 2.05) is 18.2 Å². The standard InChI is InChI=1S/C18H20ClNO2/c19-16-8-6-15(7-9-16)18(21)17-13-20(10-11-22-17)12-14-4-2-1-3-5-14/h1-9,17-18,21H,10-13H2/t17-,18?/m0/s1. The molecule has 1 unspecified atom stereocenters. The van der Waals surface area contributed by atoms with Crippen molar-refractivity contribution < 1.29 is 9.84 Å². The predicted molar refractivity (Wildman–Crippen MR) is 87.9 cm³/mol. The maximum atomic E-state index is 10.5. The van der Waals surface area contributed by atoms with Crippen LogP contribution in [0.2, 0.25) is 5.02 Å². The summed E-state index contributed by atoms with van der Waals surface area (Å²) in [6, 6.07) is 17.7. The Bertz CT molecular complexity index is 588. The number of morpholine rings is 1. The number of aliphatic hydroxyl groups excluding tert-OH is 1. The van der Waals surface area contributed by atoms with E-state index in [1.165, 1.54) is 5.56 Å². The number of rotatable bonds is 4. The van der Waals surface area contributed by atoms with Gasteiger partial charge < -0.3 is 9.84 Å². The Kier molecular flexibility index (Phi) is 5.11. The molecule has 1 fully saturated rings. The molecule has 0 bridgehead atoms. The van der Waals surface area contributed by atoms with Crippen molar-refractivity contribution in [3.63, 3.8) is 0 Å². The van der Waals surface area contributed by atoms with Crippen LogP contribution in [0.5, 0.6) is 0 Å². The maximum absolute atomic E-state index is 10.5. The summed E-state index contributed by atoms with van der Waals surface area (Å²) < 4.78 is 5.77. The number of hydrogen-bond acceptors (Lipinski definition) is 3. The quantitative estimate of drug-likeness (QED) is 0.939. The number of nitrogens with zero attached hydrogens (tertiary/aromatic N) is 1. The molecule has 0 spiro atoms. The van der Waals surface area contributed by atoms with E-state index in [0.717, 1.165) is 25.2 Å². The van der Waals surface area contributed by atoms with Crippen LogP contribution in [-0.4, -0.2) is 35.8 Å². The second kappa shape index (κ2) is 7.25. The van der Waals surface area contributed by atoms with Gasteiger partial charge in [0.2, 0.25) is 0 Å². The minimum atomic E-state index is -0.629. The van der Waals surface area contributed by atoms with Gasteiger partial charge in [0.05, 0.1) is 6.61 Å². The van der Waals surface area contributed by atoms with Crippen LogP contribution in [-0.2, 0) is 11.3 Å². The Morgan fingerprint density at radius 3 is 2.59 bits per heavy atom. The van der Waals surface area contributed by atoms with Gasteiger partial charge in [-0.15, -0.1) is 0 Å². The van der Waals surface area contributed by atoms with Crippen molar-refractivity contribution in [2.45, 2.75) is 18.8 Å². The fourth-order valence-electron chi connectivity index (χ4n) is 2.78. The van der Waals surface area contributed by atoms with E-state index in [1.54, 1.807) is 12.1 Å². The van der Waals surface area contributed by atoms with Gasteiger partial charge in [0, 0.05) is 24.7 Å². The molecule has 1 aliphatic rings. The summed E-state index contributed by atoms with van der Waals surface area (Å²) in [4.78, 5) is 2.32. The van der Waals surface area contributed by atoms with E-state index in [0.29, 0.717) is 11.6 Å². The molecule has 3 rings (SSSR count). The van der Waals surface area contributed by atoms with E-state index in [2.05, 4.69) is 29.2 Å². The minimum absolute atomic E-state index is 0.210. The van der Waals surface area contributed by atoms with E-state index in [4.69, 9.17) is 16.3 Å². The second-order valence-electron chi connectivity index (χ2n) is 5.63. The lowest BCUT2D eigenvalue weighted by Gasteiger charge is -2.35. The fraction of sp³-hybridized carbons (Fsp3) is 0.333. The first-order valence-corrected chi connectivity index (χ1v) is 7.91. The molecule has 1 aliphatic heterocycles. The Labute approximate surface area is 136 Å². The van der Waals surface area contributed by atoms with E-state index >= 15 is 0 Å². The van der Waals surface area contributed by atoms with Crippen molar-refractivity contribution in [1.29, 1.82) is 0 Å². The van der Waals surface area contributed by atoms with Crippen molar-refractivity contribution >= 4 is 11.6 Å². The van der Waals surface area contributed by atoms with Gasteiger partial charge in [-0.2, -0.15) is 0 Å². The van der Waals surface area contributed by atoms with Gasteiger partial charge in [-0.25, -0.2) is 0 Å². The van der Waals surface area contributed by atoms with Gasteiger partial charge in [0.15, 0.2) is 0 Å². The molecule has 2 atom stereocenters. The maximum Gasteiger partial charge on any atom is 0.106 e. The van der Waals surface area contributed by atoms with Crippen molar-refractivity contribution in [2.24, 2.45) is 0 Å². The molecule has 0 radical (unpaired) electrons. The Morgan fingerprint density at radius 2 is 1.86 bits per heavy atom. The Balaban J connectivity index is 1.63. The summed E-state index contributed by atoms with van der Waals surface area (Å²) in [5.74, 6) is 0. The number of halogens is 1. The van der Waals surface area contributed by atoms with Gasteiger partial charge in [-0.1, -0.05) is 54.1 Å². The van der Waals surface area contributed by atoms with Crippen LogP contribution in [0.1, 0.15) is 17.2 Å². The molecule has 2 aromatic rings. The van der Waals surface area contributed by atoms with Crippen LogP contribution < -0.4 is 0 Å². The van der Waals surface area contributed by atoms with Gasteiger partial charge in [0.25, 0.3) is 0 Å². The largest absolute Gasteiger partial charge is 0.386 e. The summed E-state index contributed by atoms with van der Waals surface area (Å²) in [5.41, 5.74) is 2.13. The predicted octanol–water partition coefficient (Wildman–Crippen LogP) is 3.27. The van der Waals surface area contributed by atoms with Crippen LogP contribution in [0.25, 0.3) is 0 Å². The highest BCUT2D eigenvalue weighted by molar-refractivity contribution is 6.30. The van der Waals surface area contributed by atoms with Crippen LogP contribution in [0.15, 0.2) is 54.6 Å². The molecule has 1 N–H and O–H groups in total. The molecular weight excluding hydrogens is 298 g/mol. The molecule has 0 amide bonds. The highest BCUT2D eigenvalue weighted by atomic mass is 35.5. The number of hydrogen-bond donors (Lipinski definition) is 1. The lowest BCUT2D eigenvalue weighted by molar-refractivity contribution is -0.0918. The van der Waals surface area contributed by atoms with Gasteiger partial charge in [0.1, 0.15) is 12.2 Å². The average Bonchev–Trinajstić information content (AvgIpc) is 2.56. The average molecular weight is 318 g/mol. The van der Waals surface area contributed by atoms with E-state index in [9.17, 15) is 5.11 Å². The van der Waals surface area contributed by atoms with Crippen molar-refractivity contribution in [2.75, 3.05) is 19.7 Å². The smallest absolute Gasteiger partial charge is 0.106 e. The highest BCUT2D eigenvalue weighted by Crippen LogP contribution is 2.24. The Morgan fingerprint density at radius 1 is 1.14 bits per heavy atom.